The van der Waals surface area contributed by atoms with Crippen molar-refractivity contribution in [3.05, 3.63) is 30.1 Å². The van der Waals surface area contributed by atoms with E-state index < -0.39 is 17.2 Å². The fraction of sp³-hybridized carbons (Fsp3) is 0.167. The highest BCUT2D eigenvalue weighted by atomic mass is 32.2. The number of nitrogens with two attached hydrogens (primary N) is 1. The van der Waals surface area contributed by atoms with Gasteiger partial charge in [-0.25, -0.2) is 12.6 Å². The summed E-state index contributed by atoms with van der Waals surface area (Å²) >= 11 is 0. The molecule has 0 spiro atoms. The number of aromatic nitrogens is 1. The molecule has 2 N–H and O–H groups in total. The molecule has 5 nitrogen and oxygen atoms in total. The van der Waals surface area contributed by atoms with Crippen molar-refractivity contribution >= 4 is 11.0 Å². The molecular formula is C6H7N2O3S. The summed E-state index contributed by atoms with van der Waals surface area (Å²) in [5, 5.41) is 0. The quantitative estimate of drug-likeness (QED) is 0.487. The van der Waals surface area contributed by atoms with E-state index in [2.05, 4.69) is 15.2 Å². The maximum Gasteiger partial charge on any atom is 0.259 e. The van der Waals surface area contributed by atoms with Crippen LogP contribution in [-0.2, 0) is 15.2 Å². The van der Waals surface area contributed by atoms with E-state index in [1.54, 1.807) is 0 Å². The first kappa shape index (κ1) is 9.11. The Balaban J connectivity index is 2.71. The Kier molecular flexibility index (Phi) is 3.15. The van der Waals surface area contributed by atoms with E-state index in [4.69, 9.17) is 5.73 Å². The maximum atomic E-state index is 10.1. The molecule has 0 aromatic carbocycles. The molecule has 0 aliphatic heterocycles. The van der Waals surface area contributed by atoms with E-state index in [1.165, 1.54) is 18.5 Å². The van der Waals surface area contributed by atoms with Crippen LogP contribution in [0, 0.1) is 6.07 Å². The summed E-state index contributed by atoms with van der Waals surface area (Å²) in [6, 6.07) is 4.16. The Bertz CT molecular complexity index is 304. The Labute approximate surface area is 71.3 Å². The fourth-order valence-corrected chi connectivity index (χ4v) is 0.953. The van der Waals surface area contributed by atoms with Crippen molar-refractivity contribution in [1.29, 1.82) is 0 Å². The lowest BCUT2D eigenvalue weighted by atomic mass is 10.3. The molecule has 0 bridgehead atoms. The van der Waals surface area contributed by atoms with Gasteiger partial charge >= 0.3 is 0 Å². The Hall–Kier alpha value is -0.980. The van der Waals surface area contributed by atoms with E-state index in [0.29, 0.717) is 5.56 Å². The second kappa shape index (κ2) is 4.15. The number of rotatable bonds is 3. The first-order valence-electron chi connectivity index (χ1n) is 3.08. The topological polar surface area (TPSA) is 82.3 Å². The molecule has 0 saturated heterocycles. The SMILES string of the molecule is NC(O[SH](=O)=O)c1c[c]cnc1. The van der Waals surface area contributed by atoms with Crippen molar-refractivity contribution in [2.75, 3.05) is 0 Å². The Morgan fingerprint density at radius 2 is 2.42 bits per heavy atom. The van der Waals surface area contributed by atoms with Crippen LogP contribution in [0.4, 0.5) is 0 Å². The van der Waals surface area contributed by atoms with E-state index in [0.717, 1.165) is 0 Å². The molecule has 0 aliphatic rings. The Morgan fingerprint density at radius 3 is 2.92 bits per heavy atom. The van der Waals surface area contributed by atoms with Crippen LogP contribution in [0.15, 0.2) is 18.5 Å². The summed E-state index contributed by atoms with van der Waals surface area (Å²) in [4.78, 5) is 3.70. The second-order valence-corrected chi connectivity index (χ2v) is 2.63. The minimum Gasteiger partial charge on any atom is -0.301 e. The molecule has 12 heavy (non-hydrogen) atoms. The van der Waals surface area contributed by atoms with Gasteiger partial charge in [0.1, 0.15) is 0 Å². The zero-order chi connectivity index (χ0) is 8.97. The van der Waals surface area contributed by atoms with Crippen LogP contribution in [-0.4, -0.2) is 13.4 Å². The summed E-state index contributed by atoms with van der Waals surface area (Å²) in [6.45, 7) is 0. The average Bonchev–Trinajstić information content (AvgIpc) is 2.05. The molecule has 65 valence electrons. The van der Waals surface area contributed by atoms with Gasteiger partial charge in [0.15, 0.2) is 6.23 Å². The third-order valence-electron chi connectivity index (χ3n) is 1.15. The highest BCUT2D eigenvalue weighted by Gasteiger charge is 2.05. The van der Waals surface area contributed by atoms with Crippen molar-refractivity contribution in [2.45, 2.75) is 6.23 Å². The van der Waals surface area contributed by atoms with Crippen LogP contribution in [0.5, 0.6) is 0 Å². The second-order valence-electron chi connectivity index (χ2n) is 1.97. The summed E-state index contributed by atoms with van der Waals surface area (Å²) in [6.07, 6.45) is 1.86. The van der Waals surface area contributed by atoms with E-state index in [1.807, 2.05) is 0 Å². The third-order valence-corrected chi connectivity index (χ3v) is 1.55. The molecule has 0 aliphatic carbocycles. The predicted molar refractivity (Wildman–Crippen MR) is 41.4 cm³/mol. The fourth-order valence-electron chi connectivity index (χ4n) is 0.646. The van der Waals surface area contributed by atoms with Crippen molar-refractivity contribution in [3.63, 3.8) is 0 Å². The zero-order valence-corrected chi connectivity index (χ0v) is 6.90. The van der Waals surface area contributed by atoms with Crippen molar-refractivity contribution in [2.24, 2.45) is 5.73 Å². The third kappa shape index (κ3) is 2.57. The zero-order valence-electron chi connectivity index (χ0n) is 6.01. The number of pyridine rings is 1. The van der Waals surface area contributed by atoms with Crippen molar-refractivity contribution in [3.8, 4) is 0 Å². The van der Waals surface area contributed by atoms with Gasteiger partial charge in [-0.3, -0.25) is 4.98 Å². The van der Waals surface area contributed by atoms with Gasteiger partial charge in [-0.1, -0.05) is 0 Å². The lowest BCUT2D eigenvalue weighted by molar-refractivity contribution is 0.232. The molecule has 0 amide bonds. The summed E-state index contributed by atoms with van der Waals surface area (Å²) < 4.78 is 24.5. The summed E-state index contributed by atoms with van der Waals surface area (Å²) in [5.41, 5.74) is 5.80. The standard InChI is InChI=1S/C6H7N2O3S/c7-6(11-12(9)10)5-2-1-3-8-4-5/h2-4,6,12H,7H2. The first-order valence-corrected chi connectivity index (χ1v) is 4.17. The molecule has 1 rings (SSSR count). The molecule has 0 saturated carbocycles. The summed E-state index contributed by atoms with van der Waals surface area (Å²) in [5.74, 6) is 0. The van der Waals surface area contributed by atoms with Crippen molar-refractivity contribution < 1.29 is 12.6 Å². The molecule has 6 heteroatoms. The highest BCUT2D eigenvalue weighted by Crippen LogP contribution is 2.08. The number of nitrogens with zero attached hydrogens (tertiary/aromatic N) is 1. The predicted octanol–water partition coefficient (Wildman–Crippen LogP) is -0.618. The number of thiol groups is 1. The lowest BCUT2D eigenvalue weighted by Gasteiger charge is -2.05. The molecule has 1 heterocycles. The van der Waals surface area contributed by atoms with E-state index in [9.17, 15) is 8.42 Å². The molecule has 1 unspecified atom stereocenters. The minimum absolute atomic E-state index is 0.469. The normalized spacial score (nSPS) is 13.2. The largest absolute Gasteiger partial charge is 0.301 e. The van der Waals surface area contributed by atoms with Gasteiger partial charge in [-0.15, -0.1) is 0 Å². The molecule has 1 aromatic rings. The lowest BCUT2D eigenvalue weighted by Crippen LogP contribution is -2.13. The van der Waals surface area contributed by atoms with Crippen LogP contribution < -0.4 is 5.73 Å². The molecule has 1 aromatic heterocycles. The van der Waals surface area contributed by atoms with Crippen LogP contribution in [0.25, 0.3) is 0 Å². The van der Waals surface area contributed by atoms with Gasteiger partial charge in [0.05, 0.1) is 0 Å². The van der Waals surface area contributed by atoms with Gasteiger partial charge < -0.3 is 5.73 Å². The number of hydrogen-bond donors (Lipinski definition) is 2. The molecule has 0 fully saturated rings. The van der Waals surface area contributed by atoms with Crippen molar-refractivity contribution in [1.82, 2.24) is 4.98 Å². The van der Waals surface area contributed by atoms with Gasteiger partial charge in [-0.2, -0.15) is 0 Å². The molecule has 1 atom stereocenters. The maximum absolute atomic E-state index is 10.1. The van der Waals surface area contributed by atoms with E-state index >= 15 is 0 Å². The summed E-state index contributed by atoms with van der Waals surface area (Å²) in [7, 11) is -2.93. The van der Waals surface area contributed by atoms with Crippen LogP contribution in [0.2, 0.25) is 0 Å². The van der Waals surface area contributed by atoms with Crippen LogP contribution in [0.1, 0.15) is 11.8 Å². The average molecular weight is 187 g/mol. The minimum atomic E-state index is -2.93. The van der Waals surface area contributed by atoms with Gasteiger partial charge in [-0.05, 0) is 6.07 Å². The number of hydrogen-bond acceptors (Lipinski definition) is 5. The highest BCUT2D eigenvalue weighted by molar-refractivity contribution is 7.67. The van der Waals surface area contributed by atoms with Crippen LogP contribution in [0.3, 0.4) is 0 Å². The monoisotopic (exact) mass is 187 g/mol. The molecule has 1 radical (unpaired) electrons. The van der Waals surface area contributed by atoms with Crippen LogP contribution >= 0.6 is 0 Å². The Morgan fingerprint density at radius 1 is 1.67 bits per heavy atom. The smallest absolute Gasteiger partial charge is 0.259 e. The van der Waals surface area contributed by atoms with E-state index in [-0.39, 0.29) is 0 Å². The van der Waals surface area contributed by atoms with Gasteiger partial charge in [0.25, 0.3) is 11.0 Å². The first-order chi connectivity index (χ1) is 5.70. The molecular weight excluding hydrogens is 180 g/mol. The van der Waals surface area contributed by atoms with Gasteiger partial charge in [0.2, 0.25) is 0 Å². The van der Waals surface area contributed by atoms with Gasteiger partial charge in [0, 0.05) is 24.0 Å².